The highest BCUT2D eigenvalue weighted by Gasteiger charge is 1.97. The van der Waals surface area contributed by atoms with Crippen molar-refractivity contribution in [3.05, 3.63) is 59.7 Å². The number of aryl methyl sites for hydroxylation is 2. The summed E-state index contributed by atoms with van der Waals surface area (Å²) in [4.78, 5) is 0. The molecule has 0 amide bonds. The van der Waals surface area contributed by atoms with Gasteiger partial charge in [-0.25, -0.2) is 0 Å². The van der Waals surface area contributed by atoms with E-state index < -0.39 is 6.85 Å². The van der Waals surface area contributed by atoms with E-state index in [1.807, 2.05) is 43.3 Å². The Morgan fingerprint density at radius 2 is 1.57 bits per heavy atom. The Balaban J connectivity index is 2.54. The van der Waals surface area contributed by atoms with Gasteiger partial charge < -0.3 is 0 Å². The molecule has 2 aromatic rings. The predicted molar refractivity (Wildman–Crippen MR) is 61.4 cm³/mol. The number of hydrogen-bond acceptors (Lipinski definition) is 0. The molecule has 0 saturated carbocycles. The van der Waals surface area contributed by atoms with Crippen molar-refractivity contribution in [2.24, 2.45) is 0 Å². The molecule has 0 heterocycles. The van der Waals surface area contributed by atoms with Crippen molar-refractivity contribution in [3.8, 4) is 11.1 Å². The second-order valence-corrected chi connectivity index (χ2v) is 3.45. The molecule has 0 aromatic heterocycles. The average molecular weight is 185 g/mol. The maximum absolute atomic E-state index is 7.46. The van der Waals surface area contributed by atoms with Gasteiger partial charge in [-0.15, -0.1) is 0 Å². The maximum atomic E-state index is 7.46. The van der Waals surface area contributed by atoms with Crippen molar-refractivity contribution < 1.29 is 4.11 Å². The quantitative estimate of drug-likeness (QED) is 0.630. The Hall–Kier alpha value is -1.56. The second kappa shape index (κ2) is 3.67. The van der Waals surface area contributed by atoms with Crippen LogP contribution in [-0.2, 0) is 0 Å². The van der Waals surface area contributed by atoms with Crippen LogP contribution in [0.15, 0.2) is 48.5 Å². The summed E-state index contributed by atoms with van der Waals surface area (Å²) in [6.07, 6.45) is 0. The van der Waals surface area contributed by atoms with E-state index in [-0.39, 0.29) is 0 Å². The van der Waals surface area contributed by atoms with Crippen LogP contribution in [0.3, 0.4) is 0 Å². The van der Waals surface area contributed by atoms with Crippen molar-refractivity contribution in [1.82, 2.24) is 0 Å². The van der Waals surface area contributed by atoms with Crippen LogP contribution in [-0.4, -0.2) is 0 Å². The summed E-state index contributed by atoms with van der Waals surface area (Å²) >= 11 is 0. The first-order valence-electron chi connectivity index (χ1n) is 6.14. The molecular weight excluding hydrogens is 168 g/mol. The monoisotopic (exact) mass is 185 g/mol. The van der Waals surface area contributed by atoms with Crippen LogP contribution in [0.25, 0.3) is 11.1 Å². The van der Waals surface area contributed by atoms with E-state index in [1.165, 1.54) is 0 Å². The van der Waals surface area contributed by atoms with E-state index in [2.05, 4.69) is 0 Å². The molecule has 0 nitrogen and oxygen atoms in total. The molecule has 0 unspecified atom stereocenters. The standard InChI is InChI=1S/C14H14/c1-11-8-12(2)10-14(9-11)13-6-4-3-5-7-13/h3-10H,1-2H3/i1D3. The Kier molecular flexibility index (Phi) is 1.58. The van der Waals surface area contributed by atoms with Crippen LogP contribution in [0, 0.1) is 13.8 Å². The number of rotatable bonds is 1. The summed E-state index contributed by atoms with van der Waals surface area (Å²) in [5.41, 5.74) is 3.37. The molecule has 14 heavy (non-hydrogen) atoms. The Labute approximate surface area is 89.4 Å². The minimum atomic E-state index is -2.05. The first kappa shape index (κ1) is 6.02. The van der Waals surface area contributed by atoms with Gasteiger partial charge in [0.25, 0.3) is 0 Å². The highest BCUT2D eigenvalue weighted by Crippen LogP contribution is 2.21. The minimum absolute atomic E-state index is 0.399. The van der Waals surface area contributed by atoms with E-state index in [0.29, 0.717) is 5.56 Å². The molecule has 2 aromatic carbocycles. The average Bonchev–Trinajstić information content (AvgIpc) is 2.28. The van der Waals surface area contributed by atoms with Gasteiger partial charge in [0.15, 0.2) is 0 Å². The summed E-state index contributed by atoms with van der Waals surface area (Å²) < 4.78 is 22.4. The number of benzene rings is 2. The van der Waals surface area contributed by atoms with Gasteiger partial charge in [0.2, 0.25) is 0 Å². The highest BCUT2D eigenvalue weighted by molar-refractivity contribution is 5.64. The third kappa shape index (κ3) is 1.85. The van der Waals surface area contributed by atoms with Gasteiger partial charge in [-0.1, -0.05) is 59.7 Å². The summed E-state index contributed by atoms with van der Waals surface area (Å²) in [7, 11) is 0. The summed E-state index contributed by atoms with van der Waals surface area (Å²) in [5.74, 6) is 0. The van der Waals surface area contributed by atoms with Crippen LogP contribution in [0.2, 0.25) is 0 Å². The third-order valence-corrected chi connectivity index (χ3v) is 2.18. The molecule has 0 fully saturated rings. The number of hydrogen-bond donors (Lipinski definition) is 0. The predicted octanol–water partition coefficient (Wildman–Crippen LogP) is 3.97. The fraction of sp³-hybridized carbons (Fsp3) is 0.143. The lowest BCUT2D eigenvalue weighted by molar-refractivity contribution is 1.38. The molecule has 0 spiro atoms. The third-order valence-electron chi connectivity index (χ3n) is 2.18. The largest absolute Gasteiger partial charge is 0.0622 e. The highest BCUT2D eigenvalue weighted by atomic mass is 14.0. The van der Waals surface area contributed by atoms with Crippen molar-refractivity contribution in [2.75, 3.05) is 0 Å². The lowest BCUT2D eigenvalue weighted by Gasteiger charge is -2.04. The molecular formula is C14H14. The van der Waals surface area contributed by atoms with Gasteiger partial charge in [0, 0.05) is 4.11 Å². The molecule has 0 aliphatic rings. The Morgan fingerprint density at radius 1 is 0.857 bits per heavy atom. The van der Waals surface area contributed by atoms with Crippen LogP contribution in [0.1, 0.15) is 15.2 Å². The summed E-state index contributed by atoms with van der Waals surface area (Å²) in [5, 5.41) is 0. The van der Waals surface area contributed by atoms with Crippen LogP contribution >= 0.6 is 0 Å². The van der Waals surface area contributed by atoms with Crippen molar-refractivity contribution in [1.29, 1.82) is 0 Å². The zero-order chi connectivity index (χ0) is 12.5. The Bertz CT molecular complexity index is 513. The van der Waals surface area contributed by atoms with E-state index in [9.17, 15) is 0 Å². The lowest BCUT2D eigenvalue weighted by Crippen LogP contribution is -1.81. The van der Waals surface area contributed by atoms with E-state index in [1.54, 1.807) is 12.1 Å². The molecule has 0 heteroatoms. The zero-order valence-corrected chi connectivity index (χ0v) is 8.12. The molecule has 0 N–H and O–H groups in total. The van der Waals surface area contributed by atoms with Crippen molar-refractivity contribution in [3.63, 3.8) is 0 Å². The topological polar surface area (TPSA) is 0 Å². The smallest absolute Gasteiger partial charge is 0.0280 e. The maximum Gasteiger partial charge on any atom is 0.0280 e. The molecule has 70 valence electrons. The zero-order valence-electron chi connectivity index (χ0n) is 11.1. The molecule has 0 saturated heterocycles. The molecule has 0 aliphatic heterocycles. The Morgan fingerprint density at radius 3 is 2.29 bits per heavy atom. The molecule has 0 radical (unpaired) electrons. The van der Waals surface area contributed by atoms with Gasteiger partial charge in [-0.3, -0.25) is 0 Å². The van der Waals surface area contributed by atoms with Crippen molar-refractivity contribution >= 4 is 0 Å². The van der Waals surface area contributed by atoms with Crippen molar-refractivity contribution in [2.45, 2.75) is 13.8 Å². The second-order valence-electron chi connectivity index (χ2n) is 3.45. The van der Waals surface area contributed by atoms with E-state index in [0.717, 1.165) is 16.7 Å². The van der Waals surface area contributed by atoms with Gasteiger partial charge in [-0.2, -0.15) is 0 Å². The molecule has 0 atom stereocenters. The van der Waals surface area contributed by atoms with Crippen LogP contribution in [0.4, 0.5) is 0 Å². The van der Waals surface area contributed by atoms with Gasteiger partial charge >= 0.3 is 0 Å². The van der Waals surface area contributed by atoms with Gasteiger partial charge in [0.05, 0.1) is 0 Å². The molecule has 0 aliphatic carbocycles. The van der Waals surface area contributed by atoms with Crippen LogP contribution in [0.5, 0.6) is 0 Å². The van der Waals surface area contributed by atoms with Gasteiger partial charge in [-0.05, 0) is 24.9 Å². The van der Waals surface area contributed by atoms with Gasteiger partial charge in [0.1, 0.15) is 0 Å². The molecule has 0 bridgehead atoms. The van der Waals surface area contributed by atoms with E-state index in [4.69, 9.17) is 4.11 Å². The summed E-state index contributed by atoms with van der Waals surface area (Å²) in [6.45, 7) is -0.128. The van der Waals surface area contributed by atoms with E-state index >= 15 is 0 Å². The molecule has 2 rings (SSSR count). The summed E-state index contributed by atoms with van der Waals surface area (Å²) in [6, 6.07) is 15.3. The van der Waals surface area contributed by atoms with Crippen LogP contribution < -0.4 is 0 Å². The SMILES string of the molecule is [2H]C([2H])([2H])c1cc(C)cc(-c2ccccc2)c1. The first-order chi connectivity index (χ1) is 7.97. The fourth-order valence-corrected chi connectivity index (χ4v) is 1.58. The normalized spacial score (nSPS) is 14.2. The minimum Gasteiger partial charge on any atom is -0.0622 e. The lowest BCUT2D eigenvalue weighted by atomic mass is 10.0. The fourth-order valence-electron chi connectivity index (χ4n) is 1.58. The first-order valence-corrected chi connectivity index (χ1v) is 4.64.